The molecule has 1 aliphatic rings. The number of rotatable bonds is 8. The van der Waals surface area contributed by atoms with Crippen molar-refractivity contribution in [1.29, 1.82) is 0 Å². The Balaban J connectivity index is 1.40. The Hall–Kier alpha value is -4.22. The molecular formula is C27H24ClN7O3S. The number of amides is 2. The van der Waals surface area contributed by atoms with Crippen LogP contribution in [0.15, 0.2) is 59.6 Å². The van der Waals surface area contributed by atoms with Gasteiger partial charge >= 0.3 is 0 Å². The molecule has 1 aliphatic carbocycles. The van der Waals surface area contributed by atoms with E-state index in [2.05, 4.69) is 25.8 Å². The first-order valence-corrected chi connectivity index (χ1v) is 13.7. The van der Waals surface area contributed by atoms with Crippen LogP contribution in [0, 0.1) is 12.8 Å². The zero-order valence-corrected chi connectivity index (χ0v) is 22.7. The Morgan fingerprint density at radius 2 is 2.03 bits per heavy atom. The zero-order valence-electron chi connectivity index (χ0n) is 21.1. The Labute approximate surface area is 232 Å². The highest BCUT2D eigenvalue weighted by Crippen LogP contribution is 2.33. The van der Waals surface area contributed by atoms with Crippen LogP contribution in [0.4, 0.5) is 5.69 Å². The first kappa shape index (κ1) is 25.1. The highest BCUT2D eigenvalue weighted by molar-refractivity contribution is 7.08. The van der Waals surface area contributed by atoms with E-state index in [1.54, 1.807) is 30.6 Å². The Bertz CT molecular complexity index is 1690. The minimum Gasteiger partial charge on any atom is -0.437 e. The molecule has 0 spiro atoms. The lowest BCUT2D eigenvalue weighted by atomic mass is 10.1. The van der Waals surface area contributed by atoms with E-state index in [0.717, 1.165) is 18.4 Å². The number of carbonyl (C=O) groups is 2. The molecular weight excluding hydrogens is 538 g/mol. The Morgan fingerprint density at radius 1 is 1.18 bits per heavy atom. The molecule has 0 saturated heterocycles. The number of halogens is 1. The normalized spacial score (nSPS) is 13.8. The number of aryl methyl sites for hydroxylation is 1. The minimum atomic E-state index is -0.525. The molecule has 5 heterocycles. The molecule has 1 saturated carbocycles. The lowest BCUT2D eigenvalue weighted by molar-refractivity contribution is 0.0929. The van der Waals surface area contributed by atoms with E-state index in [1.807, 2.05) is 36.7 Å². The van der Waals surface area contributed by atoms with Gasteiger partial charge in [0, 0.05) is 23.7 Å². The molecule has 6 rings (SSSR count). The molecule has 2 amide bonds. The molecule has 198 valence electrons. The van der Waals surface area contributed by atoms with Crippen molar-refractivity contribution in [2.45, 2.75) is 32.7 Å². The SMILES string of the molecule is Cc1cc2ccnn2c(C(=O)NC(C)C2CC2)c1NC(=O)c1cc(Oc2ccsc2)nn1-c1ncccc1Cl. The second-order valence-electron chi connectivity index (χ2n) is 9.42. The van der Waals surface area contributed by atoms with E-state index in [4.69, 9.17) is 16.3 Å². The van der Waals surface area contributed by atoms with Crippen LogP contribution in [0.25, 0.3) is 11.3 Å². The number of hydrogen-bond donors (Lipinski definition) is 2. The van der Waals surface area contributed by atoms with E-state index in [1.165, 1.54) is 26.6 Å². The van der Waals surface area contributed by atoms with Crippen LogP contribution in [0.3, 0.4) is 0 Å². The number of aromatic nitrogens is 5. The van der Waals surface area contributed by atoms with Crippen molar-refractivity contribution in [3.63, 3.8) is 0 Å². The maximum atomic E-state index is 13.8. The summed E-state index contributed by atoms with van der Waals surface area (Å²) in [6.07, 6.45) is 5.36. The summed E-state index contributed by atoms with van der Waals surface area (Å²) in [5.41, 5.74) is 2.16. The third-order valence-electron chi connectivity index (χ3n) is 6.60. The molecule has 10 nitrogen and oxygen atoms in total. The Kier molecular flexibility index (Phi) is 6.53. The summed E-state index contributed by atoms with van der Waals surface area (Å²) < 4.78 is 8.72. The largest absolute Gasteiger partial charge is 0.437 e. The first-order chi connectivity index (χ1) is 18.9. The summed E-state index contributed by atoms with van der Waals surface area (Å²) in [5, 5.41) is 18.8. The standard InChI is InChI=1S/C27H24ClN7O3S/c1-15-12-18-7-10-30-34(18)24(27(37)31-16(2)17-5-6-17)23(15)32-26(36)21-13-22(38-19-8-11-39-14-19)33-35(21)25-20(28)4-3-9-29-25/h3-4,7-14,16-17H,5-6H2,1-2H3,(H,31,37)(H,32,36). The number of anilines is 1. The summed E-state index contributed by atoms with van der Waals surface area (Å²) in [5.74, 6) is 0.667. The summed E-state index contributed by atoms with van der Waals surface area (Å²) in [4.78, 5) is 31.7. The maximum Gasteiger partial charge on any atom is 0.274 e. The quantitative estimate of drug-likeness (QED) is 0.258. The molecule has 0 aliphatic heterocycles. The summed E-state index contributed by atoms with van der Waals surface area (Å²) in [6.45, 7) is 3.83. The van der Waals surface area contributed by atoms with E-state index >= 15 is 0 Å². The van der Waals surface area contributed by atoms with Crippen LogP contribution >= 0.6 is 22.9 Å². The monoisotopic (exact) mass is 561 g/mol. The smallest absolute Gasteiger partial charge is 0.274 e. The molecule has 0 radical (unpaired) electrons. The lowest BCUT2D eigenvalue weighted by Crippen LogP contribution is -2.36. The fourth-order valence-electron chi connectivity index (χ4n) is 4.43. The molecule has 1 atom stereocenters. The second kappa shape index (κ2) is 10.2. The van der Waals surface area contributed by atoms with Gasteiger partial charge in [0.05, 0.1) is 22.4 Å². The molecule has 5 aromatic rings. The number of hydrogen-bond acceptors (Lipinski definition) is 7. The number of carbonyl (C=O) groups excluding carboxylic acids is 2. The molecule has 5 aromatic heterocycles. The average molecular weight is 562 g/mol. The van der Waals surface area contributed by atoms with Gasteiger partial charge in [-0.1, -0.05) is 11.6 Å². The minimum absolute atomic E-state index is 0.0108. The van der Waals surface area contributed by atoms with Gasteiger partial charge in [0.15, 0.2) is 11.5 Å². The van der Waals surface area contributed by atoms with Gasteiger partial charge in [-0.3, -0.25) is 9.59 Å². The van der Waals surface area contributed by atoms with E-state index < -0.39 is 5.91 Å². The van der Waals surface area contributed by atoms with Crippen molar-refractivity contribution >= 4 is 46.0 Å². The average Bonchev–Trinajstić information content (AvgIpc) is 3.25. The highest BCUT2D eigenvalue weighted by atomic mass is 35.5. The second-order valence-corrected chi connectivity index (χ2v) is 10.6. The number of nitrogens with one attached hydrogen (secondary N) is 2. The zero-order chi connectivity index (χ0) is 27.1. The van der Waals surface area contributed by atoms with E-state index in [9.17, 15) is 9.59 Å². The number of ether oxygens (including phenoxy) is 1. The van der Waals surface area contributed by atoms with Crippen molar-refractivity contribution in [2.24, 2.45) is 5.92 Å². The number of pyridine rings is 2. The van der Waals surface area contributed by atoms with Gasteiger partial charge in [-0.25, -0.2) is 14.2 Å². The van der Waals surface area contributed by atoms with Crippen LogP contribution in [-0.4, -0.2) is 42.2 Å². The molecule has 1 fully saturated rings. The van der Waals surface area contributed by atoms with Gasteiger partial charge < -0.3 is 15.4 Å². The highest BCUT2D eigenvalue weighted by Gasteiger charge is 2.31. The van der Waals surface area contributed by atoms with Crippen molar-refractivity contribution in [2.75, 3.05) is 5.32 Å². The van der Waals surface area contributed by atoms with Crippen molar-refractivity contribution in [3.8, 4) is 17.4 Å². The predicted molar refractivity (Wildman–Crippen MR) is 148 cm³/mol. The van der Waals surface area contributed by atoms with Gasteiger partial charge in [0.1, 0.15) is 11.4 Å². The third kappa shape index (κ3) is 4.98. The summed E-state index contributed by atoms with van der Waals surface area (Å²) >= 11 is 7.89. The summed E-state index contributed by atoms with van der Waals surface area (Å²) in [7, 11) is 0. The lowest BCUT2D eigenvalue weighted by Gasteiger charge is -2.18. The van der Waals surface area contributed by atoms with E-state index in [-0.39, 0.29) is 35.0 Å². The van der Waals surface area contributed by atoms with Crippen LogP contribution < -0.4 is 15.4 Å². The van der Waals surface area contributed by atoms with Crippen molar-refractivity contribution in [3.05, 3.63) is 81.5 Å². The van der Waals surface area contributed by atoms with Gasteiger partial charge in [-0.2, -0.15) is 5.10 Å². The molecule has 0 bridgehead atoms. The summed E-state index contributed by atoms with van der Waals surface area (Å²) in [6, 6.07) is 10.3. The van der Waals surface area contributed by atoms with Gasteiger partial charge in [-0.15, -0.1) is 16.4 Å². The molecule has 1 unspecified atom stereocenters. The number of nitrogens with zero attached hydrogens (tertiary/aromatic N) is 5. The topological polar surface area (TPSA) is 115 Å². The third-order valence-corrected chi connectivity index (χ3v) is 7.55. The predicted octanol–water partition coefficient (Wildman–Crippen LogP) is 5.51. The van der Waals surface area contributed by atoms with Crippen molar-refractivity contribution < 1.29 is 14.3 Å². The number of thiophene rings is 1. The van der Waals surface area contributed by atoms with Gasteiger partial charge in [0.2, 0.25) is 5.88 Å². The molecule has 0 aromatic carbocycles. The molecule has 2 N–H and O–H groups in total. The molecule has 12 heteroatoms. The van der Waals surface area contributed by atoms with Gasteiger partial charge in [0.25, 0.3) is 11.8 Å². The number of fused-ring (bicyclic) bond motifs is 1. The van der Waals surface area contributed by atoms with Crippen LogP contribution in [0.5, 0.6) is 11.6 Å². The van der Waals surface area contributed by atoms with Crippen LogP contribution in [0.1, 0.15) is 46.3 Å². The maximum absolute atomic E-state index is 13.8. The van der Waals surface area contributed by atoms with Crippen LogP contribution in [-0.2, 0) is 0 Å². The van der Waals surface area contributed by atoms with Crippen molar-refractivity contribution in [1.82, 2.24) is 29.7 Å². The fourth-order valence-corrected chi connectivity index (χ4v) is 5.18. The van der Waals surface area contributed by atoms with Crippen LogP contribution in [0.2, 0.25) is 5.02 Å². The fraction of sp³-hybridized carbons (Fsp3) is 0.222. The Morgan fingerprint density at radius 3 is 2.77 bits per heavy atom. The molecule has 39 heavy (non-hydrogen) atoms. The first-order valence-electron chi connectivity index (χ1n) is 12.4. The van der Waals surface area contributed by atoms with E-state index in [0.29, 0.717) is 27.9 Å². The van der Waals surface area contributed by atoms with Gasteiger partial charge in [-0.05, 0) is 73.9 Å².